The van der Waals surface area contributed by atoms with E-state index in [4.69, 9.17) is 4.74 Å². The molecule has 0 saturated carbocycles. The number of ether oxygens (including phenoxy) is 1. The normalized spacial score (nSPS) is 14.6. The Morgan fingerprint density at radius 1 is 1.22 bits per heavy atom. The lowest BCUT2D eigenvalue weighted by molar-refractivity contribution is 0.0951. The molecule has 3 rings (SSSR count). The lowest BCUT2D eigenvalue weighted by Gasteiger charge is -2.28. The number of hydrogen-bond acceptors (Lipinski definition) is 4. The molecular weight excluding hydrogens is 405 g/mol. The zero-order valence-electron chi connectivity index (χ0n) is 12.7. The van der Waals surface area contributed by atoms with Gasteiger partial charge in [-0.05, 0) is 64.6 Å². The van der Waals surface area contributed by atoms with Crippen molar-refractivity contribution in [3.05, 3.63) is 57.3 Å². The Labute approximate surface area is 149 Å². The summed E-state index contributed by atoms with van der Waals surface area (Å²) in [6.45, 7) is 3.66. The van der Waals surface area contributed by atoms with Crippen LogP contribution in [-0.2, 0) is 11.3 Å². The van der Waals surface area contributed by atoms with Crippen molar-refractivity contribution in [2.45, 2.75) is 6.54 Å². The fourth-order valence-corrected chi connectivity index (χ4v) is 2.78. The highest BCUT2D eigenvalue weighted by molar-refractivity contribution is 14.1. The number of morpholine rings is 1. The standard InChI is InChI=1S/C17H18IN3O2/c18-15-3-1-14(2-4-15)17(22)20-12-13-5-6-19-16(11-13)21-7-9-23-10-8-21/h1-6,11H,7-10,12H2,(H,20,22). The van der Waals surface area contributed by atoms with Crippen molar-refractivity contribution in [1.29, 1.82) is 0 Å². The third kappa shape index (κ3) is 4.42. The largest absolute Gasteiger partial charge is 0.378 e. The quantitative estimate of drug-likeness (QED) is 0.768. The number of carbonyl (C=O) groups excluding carboxylic acids is 1. The van der Waals surface area contributed by atoms with E-state index in [1.165, 1.54) is 0 Å². The molecule has 0 aliphatic carbocycles. The number of anilines is 1. The number of carbonyl (C=O) groups is 1. The second kappa shape index (κ2) is 7.74. The van der Waals surface area contributed by atoms with Gasteiger partial charge in [-0.15, -0.1) is 0 Å². The molecule has 1 aromatic carbocycles. The van der Waals surface area contributed by atoms with Crippen LogP contribution in [0.1, 0.15) is 15.9 Å². The van der Waals surface area contributed by atoms with Crippen LogP contribution in [0.15, 0.2) is 42.6 Å². The van der Waals surface area contributed by atoms with Crippen LogP contribution >= 0.6 is 22.6 Å². The van der Waals surface area contributed by atoms with Crippen molar-refractivity contribution in [3.63, 3.8) is 0 Å². The minimum atomic E-state index is -0.0638. The Bertz CT molecular complexity index is 670. The molecule has 1 aromatic heterocycles. The highest BCUT2D eigenvalue weighted by Gasteiger charge is 2.13. The van der Waals surface area contributed by atoms with Gasteiger partial charge in [0.2, 0.25) is 0 Å². The zero-order valence-corrected chi connectivity index (χ0v) is 14.8. The van der Waals surface area contributed by atoms with E-state index in [0.717, 1.165) is 41.3 Å². The molecule has 0 atom stereocenters. The van der Waals surface area contributed by atoms with E-state index < -0.39 is 0 Å². The summed E-state index contributed by atoms with van der Waals surface area (Å²) in [5, 5.41) is 2.95. The third-order valence-corrected chi connectivity index (χ3v) is 4.42. The maximum absolute atomic E-state index is 12.2. The van der Waals surface area contributed by atoms with Crippen LogP contribution in [0.2, 0.25) is 0 Å². The van der Waals surface area contributed by atoms with Crippen LogP contribution in [0.5, 0.6) is 0 Å². The van der Waals surface area contributed by atoms with Gasteiger partial charge in [-0.25, -0.2) is 4.98 Å². The van der Waals surface area contributed by atoms with Crippen LogP contribution in [-0.4, -0.2) is 37.2 Å². The molecule has 0 unspecified atom stereocenters. The molecule has 0 bridgehead atoms. The van der Waals surface area contributed by atoms with Crippen LogP contribution < -0.4 is 10.2 Å². The SMILES string of the molecule is O=C(NCc1ccnc(N2CCOCC2)c1)c1ccc(I)cc1. The Morgan fingerprint density at radius 3 is 2.70 bits per heavy atom. The topological polar surface area (TPSA) is 54.5 Å². The first-order valence-electron chi connectivity index (χ1n) is 7.54. The van der Waals surface area contributed by atoms with Gasteiger partial charge in [-0.2, -0.15) is 0 Å². The molecule has 2 aromatic rings. The van der Waals surface area contributed by atoms with Gasteiger partial charge in [0.1, 0.15) is 5.82 Å². The van der Waals surface area contributed by atoms with Gasteiger partial charge >= 0.3 is 0 Å². The van der Waals surface area contributed by atoms with Crippen LogP contribution in [0.3, 0.4) is 0 Å². The average molecular weight is 423 g/mol. The zero-order chi connectivity index (χ0) is 16.1. The summed E-state index contributed by atoms with van der Waals surface area (Å²) < 4.78 is 6.48. The summed E-state index contributed by atoms with van der Waals surface area (Å²) in [4.78, 5) is 18.8. The summed E-state index contributed by atoms with van der Waals surface area (Å²) in [6, 6.07) is 11.5. The smallest absolute Gasteiger partial charge is 0.251 e. The maximum Gasteiger partial charge on any atom is 0.251 e. The molecule has 1 N–H and O–H groups in total. The van der Waals surface area contributed by atoms with Gasteiger partial charge in [0.15, 0.2) is 0 Å². The van der Waals surface area contributed by atoms with E-state index in [1.54, 1.807) is 6.20 Å². The van der Waals surface area contributed by atoms with Gasteiger partial charge < -0.3 is 15.0 Å². The molecule has 0 radical (unpaired) electrons. The minimum Gasteiger partial charge on any atom is -0.378 e. The first-order valence-corrected chi connectivity index (χ1v) is 8.61. The number of halogens is 1. The van der Waals surface area contributed by atoms with Crippen LogP contribution in [0.25, 0.3) is 0 Å². The number of pyridine rings is 1. The number of benzene rings is 1. The monoisotopic (exact) mass is 423 g/mol. The van der Waals surface area contributed by atoms with Crippen LogP contribution in [0.4, 0.5) is 5.82 Å². The Hall–Kier alpha value is -1.67. The van der Waals surface area contributed by atoms with Gasteiger partial charge in [-0.3, -0.25) is 4.79 Å². The molecule has 5 nitrogen and oxygen atoms in total. The van der Waals surface area contributed by atoms with Crippen molar-refractivity contribution in [2.75, 3.05) is 31.2 Å². The Morgan fingerprint density at radius 2 is 1.96 bits per heavy atom. The number of amides is 1. The van der Waals surface area contributed by atoms with Gasteiger partial charge in [0, 0.05) is 35.0 Å². The summed E-state index contributed by atoms with van der Waals surface area (Å²) in [6.07, 6.45) is 1.79. The number of nitrogens with one attached hydrogen (secondary N) is 1. The Kier molecular flexibility index (Phi) is 5.45. The molecule has 6 heteroatoms. The predicted octanol–water partition coefficient (Wildman–Crippen LogP) is 2.45. The van der Waals surface area contributed by atoms with E-state index in [0.29, 0.717) is 12.1 Å². The van der Waals surface area contributed by atoms with Gasteiger partial charge in [0.05, 0.1) is 13.2 Å². The summed E-state index contributed by atoms with van der Waals surface area (Å²) in [7, 11) is 0. The second-order valence-corrected chi connectivity index (χ2v) is 6.56. The first kappa shape index (κ1) is 16.2. The lowest BCUT2D eigenvalue weighted by atomic mass is 10.2. The minimum absolute atomic E-state index is 0.0638. The molecular formula is C17H18IN3O2. The van der Waals surface area contributed by atoms with Crippen molar-refractivity contribution >= 4 is 34.3 Å². The van der Waals surface area contributed by atoms with Crippen molar-refractivity contribution in [3.8, 4) is 0 Å². The third-order valence-electron chi connectivity index (χ3n) is 3.70. The van der Waals surface area contributed by atoms with E-state index in [9.17, 15) is 4.79 Å². The molecule has 1 aliphatic heterocycles. The van der Waals surface area contributed by atoms with E-state index in [2.05, 4.69) is 37.8 Å². The van der Waals surface area contributed by atoms with Crippen molar-refractivity contribution < 1.29 is 9.53 Å². The molecule has 1 aliphatic rings. The van der Waals surface area contributed by atoms with Gasteiger partial charge in [0.25, 0.3) is 5.91 Å². The number of aromatic nitrogens is 1. The molecule has 1 fully saturated rings. The average Bonchev–Trinajstić information content (AvgIpc) is 2.61. The highest BCUT2D eigenvalue weighted by Crippen LogP contribution is 2.14. The molecule has 23 heavy (non-hydrogen) atoms. The highest BCUT2D eigenvalue weighted by atomic mass is 127. The maximum atomic E-state index is 12.2. The molecule has 0 spiro atoms. The molecule has 120 valence electrons. The molecule has 2 heterocycles. The predicted molar refractivity (Wildman–Crippen MR) is 97.6 cm³/mol. The van der Waals surface area contributed by atoms with Crippen LogP contribution in [0, 0.1) is 3.57 Å². The summed E-state index contributed by atoms with van der Waals surface area (Å²) in [5.74, 6) is 0.875. The fourth-order valence-electron chi connectivity index (χ4n) is 2.42. The summed E-state index contributed by atoms with van der Waals surface area (Å²) in [5.41, 5.74) is 1.72. The van der Waals surface area contributed by atoms with E-state index >= 15 is 0 Å². The Balaban J connectivity index is 1.61. The first-order chi connectivity index (χ1) is 11.2. The van der Waals surface area contributed by atoms with Crippen molar-refractivity contribution in [2.24, 2.45) is 0 Å². The molecule has 1 saturated heterocycles. The fraction of sp³-hybridized carbons (Fsp3) is 0.294. The lowest BCUT2D eigenvalue weighted by Crippen LogP contribution is -2.36. The summed E-state index contributed by atoms with van der Waals surface area (Å²) >= 11 is 2.22. The molecule has 1 amide bonds. The number of hydrogen-bond donors (Lipinski definition) is 1. The number of rotatable bonds is 4. The number of nitrogens with zero attached hydrogens (tertiary/aromatic N) is 2. The van der Waals surface area contributed by atoms with Gasteiger partial charge in [-0.1, -0.05) is 0 Å². The van der Waals surface area contributed by atoms with E-state index in [1.807, 2.05) is 36.4 Å². The second-order valence-electron chi connectivity index (χ2n) is 5.31. The van der Waals surface area contributed by atoms with E-state index in [-0.39, 0.29) is 5.91 Å². The van der Waals surface area contributed by atoms with Crippen molar-refractivity contribution in [1.82, 2.24) is 10.3 Å².